The Balaban J connectivity index is 1.16. The number of rotatable bonds is 6. The van der Waals surface area contributed by atoms with E-state index in [0.717, 1.165) is 78.0 Å². The minimum absolute atomic E-state index is 0.214. The van der Waals surface area contributed by atoms with Crippen LogP contribution in [0.15, 0.2) is 45.7 Å². The Morgan fingerprint density at radius 3 is 2.62 bits per heavy atom. The molecule has 7 rings (SSSR count). The number of carbonyl (C=O) groups excluding carboxylic acids is 1. The molecule has 9 nitrogen and oxygen atoms in total. The number of para-hydroxylation sites is 1. The van der Waals surface area contributed by atoms with E-state index in [2.05, 4.69) is 20.3 Å². The van der Waals surface area contributed by atoms with Crippen molar-refractivity contribution < 1.29 is 14.1 Å². The Morgan fingerprint density at radius 1 is 1.03 bits per heavy atom. The normalized spacial score (nSPS) is 18.4. The third-order valence-corrected chi connectivity index (χ3v) is 7.93. The van der Waals surface area contributed by atoms with Crippen LogP contribution in [0.1, 0.15) is 43.4 Å². The maximum Gasteiger partial charge on any atom is 0.272 e. The van der Waals surface area contributed by atoms with Gasteiger partial charge in [0.25, 0.3) is 5.56 Å². The lowest BCUT2D eigenvalue weighted by molar-refractivity contribution is -0.132. The minimum atomic E-state index is -0.214. The highest BCUT2D eigenvalue weighted by atomic mass is 16.5. The predicted octanol–water partition coefficient (Wildman–Crippen LogP) is 3.65. The second-order valence-corrected chi connectivity index (χ2v) is 10.4. The van der Waals surface area contributed by atoms with Crippen LogP contribution in [0.5, 0.6) is 5.75 Å². The van der Waals surface area contributed by atoms with Crippen LogP contribution in [0.4, 0.5) is 5.82 Å². The van der Waals surface area contributed by atoms with Gasteiger partial charge in [0.1, 0.15) is 5.75 Å². The van der Waals surface area contributed by atoms with Crippen molar-refractivity contribution in [1.82, 2.24) is 20.3 Å². The molecule has 0 bridgehead atoms. The van der Waals surface area contributed by atoms with Crippen LogP contribution < -0.4 is 15.2 Å². The standard InChI is InChI=1S/C28H29N5O4/c34-27-21-10-9-20(36-19-4-2-5-19)16-23(21)24(29-30-27)15-18-3-1-6-22-25(18)37-31-26(22)32-11-13-33(14-12-32)28(35)17-7-8-17/h1,3,6,9-10,16-17,19H,2,4-5,7-8,11-15H2,(H,30,34). The number of fused-ring (bicyclic) bond motifs is 2. The Morgan fingerprint density at radius 2 is 1.86 bits per heavy atom. The van der Waals surface area contributed by atoms with E-state index in [1.54, 1.807) is 0 Å². The summed E-state index contributed by atoms with van der Waals surface area (Å²) < 4.78 is 12.0. The van der Waals surface area contributed by atoms with Gasteiger partial charge in [0, 0.05) is 49.5 Å². The lowest BCUT2D eigenvalue weighted by Gasteiger charge is -2.34. The fourth-order valence-electron chi connectivity index (χ4n) is 5.37. The molecular weight excluding hydrogens is 470 g/mol. The third kappa shape index (κ3) is 4.12. The Hall–Kier alpha value is -3.88. The molecule has 2 aromatic heterocycles. The number of amides is 1. The monoisotopic (exact) mass is 499 g/mol. The van der Waals surface area contributed by atoms with Gasteiger partial charge >= 0.3 is 0 Å². The molecule has 2 aromatic carbocycles. The van der Waals surface area contributed by atoms with Crippen LogP contribution in [0, 0.1) is 5.92 Å². The smallest absolute Gasteiger partial charge is 0.272 e. The van der Waals surface area contributed by atoms with Crippen LogP contribution >= 0.6 is 0 Å². The van der Waals surface area contributed by atoms with E-state index in [4.69, 9.17) is 9.26 Å². The summed E-state index contributed by atoms with van der Waals surface area (Å²) in [5.41, 5.74) is 2.21. The number of benzene rings is 2. The van der Waals surface area contributed by atoms with Crippen molar-refractivity contribution in [2.24, 2.45) is 5.92 Å². The second-order valence-electron chi connectivity index (χ2n) is 10.4. The number of nitrogens with zero attached hydrogens (tertiary/aromatic N) is 4. The van der Waals surface area contributed by atoms with E-state index >= 15 is 0 Å². The highest BCUT2D eigenvalue weighted by Gasteiger charge is 2.35. The van der Waals surface area contributed by atoms with E-state index in [1.807, 2.05) is 41.3 Å². The van der Waals surface area contributed by atoms with Gasteiger partial charge in [0.2, 0.25) is 5.91 Å². The maximum absolute atomic E-state index is 12.5. The number of ether oxygens (including phenoxy) is 1. The zero-order chi connectivity index (χ0) is 24.9. The molecule has 37 heavy (non-hydrogen) atoms. The van der Waals surface area contributed by atoms with E-state index in [-0.39, 0.29) is 17.6 Å². The number of aromatic amines is 1. The molecule has 3 fully saturated rings. The van der Waals surface area contributed by atoms with Crippen molar-refractivity contribution in [2.45, 2.75) is 44.6 Å². The number of hydrogen-bond donors (Lipinski definition) is 1. The summed E-state index contributed by atoms with van der Waals surface area (Å²) in [5, 5.41) is 13.8. The Labute approximate surface area is 213 Å². The Bertz CT molecular complexity index is 1540. The highest BCUT2D eigenvalue weighted by Crippen LogP contribution is 2.34. The molecule has 4 aromatic rings. The zero-order valence-electron chi connectivity index (χ0n) is 20.6. The van der Waals surface area contributed by atoms with Crippen molar-refractivity contribution in [3.8, 4) is 5.75 Å². The molecule has 1 saturated heterocycles. The number of nitrogens with one attached hydrogen (secondary N) is 1. The summed E-state index contributed by atoms with van der Waals surface area (Å²) >= 11 is 0. The van der Waals surface area contributed by atoms with Crippen molar-refractivity contribution >= 4 is 33.5 Å². The molecule has 2 aliphatic carbocycles. The number of hydrogen-bond acceptors (Lipinski definition) is 7. The van der Waals surface area contributed by atoms with Gasteiger partial charge in [-0.1, -0.05) is 17.3 Å². The van der Waals surface area contributed by atoms with E-state index in [0.29, 0.717) is 30.8 Å². The highest BCUT2D eigenvalue weighted by molar-refractivity contribution is 5.92. The van der Waals surface area contributed by atoms with Crippen LogP contribution in [0.25, 0.3) is 21.7 Å². The minimum Gasteiger partial charge on any atom is -0.490 e. The first-order chi connectivity index (χ1) is 18.1. The molecule has 3 aliphatic rings. The molecule has 3 heterocycles. The van der Waals surface area contributed by atoms with Crippen LogP contribution in [0.3, 0.4) is 0 Å². The summed E-state index contributed by atoms with van der Waals surface area (Å²) in [6, 6.07) is 11.6. The van der Waals surface area contributed by atoms with Crippen molar-refractivity contribution in [3.63, 3.8) is 0 Å². The van der Waals surface area contributed by atoms with Crippen molar-refractivity contribution in [2.75, 3.05) is 31.1 Å². The van der Waals surface area contributed by atoms with Crippen molar-refractivity contribution in [1.29, 1.82) is 0 Å². The summed E-state index contributed by atoms with van der Waals surface area (Å²) in [4.78, 5) is 29.1. The summed E-state index contributed by atoms with van der Waals surface area (Å²) in [5.74, 6) is 2.13. The molecule has 1 aliphatic heterocycles. The molecule has 0 radical (unpaired) electrons. The van der Waals surface area contributed by atoms with E-state index in [1.165, 1.54) is 6.42 Å². The molecule has 0 spiro atoms. The number of anilines is 1. The van der Waals surface area contributed by atoms with Gasteiger partial charge in [0.05, 0.1) is 22.6 Å². The van der Waals surface area contributed by atoms with Crippen LogP contribution in [-0.4, -0.2) is 58.4 Å². The van der Waals surface area contributed by atoms with Crippen molar-refractivity contribution in [3.05, 3.63) is 58.0 Å². The fourth-order valence-corrected chi connectivity index (χ4v) is 5.37. The van der Waals surface area contributed by atoms with Crippen LogP contribution in [0.2, 0.25) is 0 Å². The zero-order valence-corrected chi connectivity index (χ0v) is 20.6. The van der Waals surface area contributed by atoms with Gasteiger partial charge in [-0.15, -0.1) is 0 Å². The average Bonchev–Trinajstić information content (AvgIpc) is 3.66. The third-order valence-electron chi connectivity index (χ3n) is 7.93. The molecule has 1 N–H and O–H groups in total. The summed E-state index contributed by atoms with van der Waals surface area (Å²) in [6.07, 6.45) is 6.14. The molecule has 2 saturated carbocycles. The largest absolute Gasteiger partial charge is 0.490 e. The quantitative estimate of drug-likeness (QED) is 0.432. The molecule has 190 valence electrons. The topological polar surface area (TPSA) is 105 Å². The number of piperazine rings is 1. The molecule has 0 unspecified atom stereocenters. The lowest BCUT2D eigenvalue weighted by Crippen LogP contribution is -2.49. The summed E-state index contributed by atoms with van der Waals surface area (Å²) in [7, 11) is 0. The number of carbonyl (C=O) groups is 1. The number of H-pyrrole nitrogens is 1. The van der Waals surface area contributed by atoms with E-state index < -0.39 is 0 Å². The van der Waals surface area contributed by atoms with Gasteiger partial charge in [-0.3, -0.25) is 9.59 Å². The van der Waals surface area contributed by atoms with Gasteiger partial charge in [-0.05, 0) is 56.4 Å². The predicted molar refractivity (Wildman–Crippen MR) is 139 cm³/mol. The molecule has 0 atom stereocenters. The Kier molecular flexibility index (Phi) is 5.37. The van der Waals surface area contributed by atoms with Gasteiger partial charge in [0.15, 0.2) is 11.4 Å². The first kappa shape index (κ1) is 22.3. The first-order valence-electron chi connectivity index (χ1n) is 13.2. The van der Waals surface area contributed by atoms with Gasteiger partial charge < -0.3 is 19.1 Å². The van der Waals surface area contributed by atoms with Gasteiger partial charge in [-0.25, -0.2) is 5.10 Å². The SMILES string of the molecule is O=C(C1CC1)N1CCN(c2noc3c(Cc4n[nH]c(=O)c5ccc(OC6CCC6)cc45)cccc23)CC1. The molecule has 1 amide bonds. The second kappa shape index (κ2) is 8.90. The fraction of sp³-hybridized carbons (Fsp3) is 0.429. The maximum atomic E-state index is 12.5. The van der Waals surface area contributed by atoms with Crippen LogP contribution in [-0.2, 0) is 11.2 Å². The van der Waals surface area contributed by atoms with Gasteiger partial charge in [-0.2, -0.15) is 5.10 Å². The first-order valence-corrected chi connectivity index (χ1v) is 13.2. The van der Waals surface area contributed by atoms with E-state index in [9.17, 15) is 9.59 Å². The molecular formula is C28H29N5O4. The molecule has 9 heteroatoms. The average molecular weight is 500 g/mol. The summed E-state index contributed by atoms with van der Waals surface area (Å²) in [6.45, 7) is 2.89. The lowest BCUT2D eigenvalue weighted by atomic mass is 9.96. The number of aromatic nitrogens is 3.